The van der Waals surface area contributed by atoms with E-state index in [1.165, 1.54) is 11.8 Å². The first kappa shape index (κ1) is 16.8. The van der Waals surface area contributed by atoms with E-state index in [2.05, 4.69) is 6.92 Å². The van der Waals surface area contributed by atoms with Crippen LogP contribution in [-0.4, -0.2) is 34.4 Å². The quantitative estimate of drug-likeness (QED) is 0.330. The number of carbonyl (C=O) groups excluding carboxylic acids is 2. The lowest BCUT2D eigenvalue weighted by Gasteiger charge is -2.14. The summed E-state index contributed by atoms with van der Waals surface area (Å²) in [6.45, 7) is 2.96. The third-order valence-corrected chi connectivity index (χ3v) is 4.09. The first-order valence-electron chi connectivity index (χ1n) is 6.16. The summed E-state index contributed by atoms with van der Waals surface area (Å²) in [6.07, 6.45) is 8.71. The minimum Gasteiger partial charge on any atom is -0.289 e. The van der Waals surface area contributed by atoms with Gasteiger partial charge in [0.2, 0.25) is 6.41 Å². The molecule has 0 aliphatic carbocycles. The summed E-state index contributed by atoms with van der Waals surface area (Å²) in [5.74, 6) is 0.968. The van der Waals surface area contributed by atoms with Gasteiger partial charge < -0.3 is 0 Å². The fraction of sp³-hybridized carbons (Fsp3) is 0.833. The molecule has 0 aromatic rings. The van der Waals surface area contributed by atoms with Crippen LogP contribution >= 0.6 is 23.7 Å². The zero-order chi connectivity index (χ0) is 12.9. The van der Waals surface area contributed by atoms with Crippen LogP contribution in [0.4, 0.5) is 0 Å². The van der Waals surface area contributed by atoms with Crippen molar-refractivity contribution in [3.8, 4) is 0 Å². The molecule has 0 aromatic heterocycles. The number of nitrogens with zero attached hydrogens (tertiary/aromatic N) is 1. The molecular formula is C12H23NO2S2. The molecule has 0 N–H and O–H groups in total. The Morgan fingerprint density at radius 1 is 1.24 bits per heavy atom. The highest BCUT2D eigenvalue weighted by molar-refractivity contribution is 8.13. The van der Waals surface area contributed by atoms with Gasteiger partial charge in [-0.15, -0.1) is 0 Å². The Kier molecular flexibility index (Phi) is 12.2. The predicted molar refractivity (Wildman–Crippen MR) is 77.1 cm³/mol. The number of amides is 1. The van der Waals surface area contributed by atoms with E-state index in [0.717, 1.165) is 50.8 Å². The average molecular weight is 277 g/mol. The first-order chi connectivity index (χ1) is 8.24. The maximum Gasteiger partial charge on any atom is 0.219 e. The van der Waals surface area contributed by atoms with E-state index in [9.17, 15) is 9.59 Å². The van der Waals surface area contributed by atoms with Gasteiger partial charge in [0.15, 0.2) is 5.12 Å². The summed E-state index contributed by atoms with van der Waals surface area (Å²) in [4.78, 5) is 21.7. The van der Waals surface area contributed by atoms with Gasteiger partial charge in [0.05, 0.1) is 0 Å². The lowest BCUT2D eigenvalue weighted by molar-refractivity contribution is -0.114. The molecule has 0 heterocycles. The molecule has 1 amide bonds. The van der Waals surface area contributed by atoms with Crippen molar-refractivity contribution in [1.29, 1.82) is 0 Å². The Labute approximate surface area is 113 Å². The molecule has 0 fully saturated rings. The molecular weight excluding hydrogens is 254 g/mol. The molecule has 0 saturated heterocycles. The Bertz CT molecular complexity index is 213. The van der Waals surface area contributed by atoms with Gasteiger partial charge in [-0.25, -0.2) is 0 Å². The summed E-state index contributed by atoms with van der Waals surface area (Å²) in [7, 11) is 0. The minimum atomic E-state index is 0.273. The molecule has 0 atom stereocenters. The normalized spacial score (nSPS) is 10.2. The second kappa shape index (κ2) is 12.3. The van der Waals surface area contributed by atoms with Crippen LogP contribution in [0.3, 0.4) is 0 Å². The van der Waals surface area contributed by atoms with E-state index in [1.807, 2.05) is 6.26 Å². The van der Waals surface area contributed by atoms with Crippen LogP contribution in [0.25, 0.3) is 0 Å². The van der Waals surface area contributed by atoms with Crippen LogP contribution in [0.5, 0.6) is 0 Å². The third kappa shape index (κ3) is 10.7. The van der Waals surface area contributed by atoms with E-state index < -0.39 is 0 Å². The second-order valence-corrected chi connectivity index (χ2v) is 5.82. The van der Waals surface area contributed by atoms with Crippen molar-refractivity contribution in [2.24, 2.45) is 0 Å². The topological polar surface area (TPSA) is 37.4 Å². The molecule has 0 aliphatic heterocycles. The maximum atomic E-state index is 11.0. The van der Waals surface area contributed by atoms with Gasteiger partial charge in [-0.2, -0.15) is 0 Å². The summed E-state index contributed by atoms with van der Waals surface area (Å²) < 4.78 is 1.77. The molecule has 5 heteroatoms. The summed E-state index contributed by atoms with van der Waals surface area (Å²) >= 11 is 2.91. The van der Waals surface area contributed by atoms with Gasteiger partial charge in [0.25, 0.3) is 0 Å². The average Bonchev–Trinajstić information content (AvgIpc) is 2.36. The van der Waals surface area contributed by atoms with Crippen LogP contribution in [-0.2, 0) is 9.59 Å². The van der Waals surface area contributed by atoms with Crippen molar-refractivity contribution in [3.05, 3.63) is 0 Å². The Balaban J connectivity index is 3.36. The van der Waals surface area contributed by atoms with Crippen molar-refractivity contribution in [2.45, 2.75) is 45.4 Å². The molecule has 0 saturated carbocycles. The summed E-state index contributed by atoms with van der Waals surface area (Å²) in [6, 6.07) is 0. The van der Waals surface area contributed by atoms with Gasteiger partial charge in [0, 0.05) is 18.7 Å². The fourth-order valence-corrected chi connectivity index (χ4v) is 2.53. The maximum absolute atomic E-state index is 11.0. The SMILES string of the molecule is CCCCN(C=O)SCCCCCC(=O)SC. The Morgan fingerprint density at radius 2 is 2.00 bits per heavy atom. The highest BCUT2D eigenvalue weighted by atomic mass is 32.2. The Hall–Kier alpha value is -0.160. The highest BCUT2D eigenvalue weighted by Crippen LogP contribution is 2.13. The van der Waals surface area contributed by atoms with Crippen LogP contribution < -0.4 is 0 Å². The molecule has 3 nitrogen and oxygen atoms in total. The molecule has 0 spiro atoms. The molecule has 17 heavy (non-hydrogen) atoms. The van der Waals surface area contributed by atoms with Crippen LogP contribution in [0.1, 0.15) is 45.4 Å². The van der Waals surface area contributed by atoms with E-state index in [-0.39, 0.29) is 5.12 Å². The van der Waals surface area contributed by atoms with Crippen molar-refractivity contribution >= 4 is 35.2 Å². The number of rotatable bonds is 11. The molecule has 0 aliphatic rings. The van der Waals surface area contributed by atoms with Gasteiger partial charge in [-0.3, -0.25) is 13.9 Å². The zero-order valence-corrected chi connectivity index (χ0v) is 12.4. The van der Waals surface area contributed by atoms with Crippen LogP contribution in [0.15, 0.2) is 0 Å². The van der Waals surface area contributed by atoms with E-state index in [0.29, 0.717) is 6.42 Å². The third-order valence-electron chi connectivity index (χ3n) is 2.36. The molecule has 0 radical (unpaired) electrons. The van der Waals surface area contributed by atoms with Crippen LogP contribution in [0, 0.1) is 0 Å². The predicted octanol–water partition coefficient (Wildman–Crippen LogP) is 3.34. The number of hydrogen-bond donors (Lipinski definition) is 0. The molecule has 100 valence electrons. The highest BCUT2D eigenvalue weighted by Gasteiger charge is 2.02. The zero-order valence-electron chi connectivity index (χ0n) is 10.8. The van der Waals surface area contributed by atoms with Gasteiger partial charge in [-0.1, -0.05) is 31.5 Å². The fourth-order valence-electron chi connectivity index (χ4n) is 1.29. The lowest BCUT2D eigenvalue weighted by atomic mass is 10.2. The number of carbonyl (C=O) groups is 2. The van der Waals surface area contributed by atoms with Gasteiger partial charge in [-0.05, 0) is 37.5 Å². The number of thioether (sulfide) groups is 1. The summed E-state index contributed by atoms with van der Waals surface area (Å²) in [5.41, 5.74) is 0. The van der Waals surface area contributed by atoms with E-state index in [1.54, 1.807) is 16.3 Å². The molecule has 0 aromatic carbocycles. The standard InChI is InChI=1S/C12H23NO2S2/c1-3-4-9-13(11-14)17-10-7-5-6-8-12(15)16-2/h11H,3-10H2,1-2H3. The van der Waals surface area contributed by atoms with E-state index in [4.69, 9.17) is 0 Å². The van der Waals surface area contributed by atoms with Gasteiger partial charge in [0.1, 0.15) is 0 Å². The second-order valence-electron chi connectivity index (χ2n) is 3.82. The van der Waals surface area contributed by atoms with E-state index >= 15 is 0 Å². The van der Waals surface area contributed by atoms with Crippen molar-refractivity contribution < 1.29 is 9.59 Å². The van der Waals surface area contributed by atoms with Gasteiger partial charge >= 0.3 is 0 Å². The Morgan fingerprint density at radius 3 is 2.59 bits per heavy atom. The number of unbranched alkanes of at least 4 members (excludes halogenated alkanes) is 3. The van der Waals surface area contributed by atoms with Crippen molar-refractivity contribution in [1.82, 2.24) is 4.31 Å². The minimum absolute atomic E-state index is 0.273. The lowest BCUT2D eigenvalue weighted by Crippen LogP contribution is -2.15. The molecule has 0 bridgehead atoms. The first-order valence-corrected chi connectivity index (χ1v) is 8.33. The monoisotopic (exact) mass is 277 g/mol. The molecule has 0 rings (SSSR count). The van der Waals surface area contributed by atoms with Crippen molar-refractivity contribution in [2.75, 3.05) is 18.6 Å². The smallest absolute Gasteiger partial charge is 0.219 e. The summed E-state index contributed by atoms with van der Waals surface area (Å²) in [5, 5.41) is 0.273. The van der Waals surface area contributed by atoms with Crippen molar-refractivity contribution in [3.63, 3.8) is 0 Å². The molecule has 0 unspecified atom stereocenters. The largest absolute Gasteiger partial charge is 0.289 e. The number of hydrogen-bond acceptors (Lipinski definition) is 4. The van der Waals surface area contributed by atoms with Crippen LogP contribution in [0.2, 0.25) is 0 Å².